The number of hydrogen-bond donors (Lipinski definition) is 2. The van der Waals surface area contributed by atoms with Gasteiger partial charge in [0.15, 0.2) is 0 Å². The Labute approximate surface area is 109 Å². The van der Waals surface area contributed by atoms with Crippen LogP contribution in [0.4, 0.5) is 0 Å². The highest BCUT2D eigenvalue weighted by Crippen LogP contribution is 2.17. The normalized spacial score (nSPS) is 24.4. The lowest BCUT2D eigenvalue weighted by molar-refractivity contribution is 0.0925. The van der Waals surface area contributed by atoms with Crippen LogP contribution in [0.1, 0.15) is 36.0 Å². The van der Waals surface area contributed by atoms with Crippen LogP contribution >= 0.6 is 15.9 Å². The van der Waals surface area contributed by atoms with E-state index in [1.165, 1.54) is 0 Å². The molecule has 17 heavy (non-hydrogen) atoms. The van der Waals surface area contributed by atoms with Crippen molar-refractivity contribution in [2.24, 2.45) is 5.73 Å². The van der Waals surface area contributed by atoms with Gasteiger partial charge in [-0.25, -0.2) is 4.98 Å². The van der Waals surface area contributed by atoms with E-state index >= 15 is 0 Å². The Morgan fingerprint density at radius 2 is 2.06 bits per heavy atom. The Morgan fingerprint density at radius 1 is 1.35 bits per heavy atom. The van der Waals surface area contributed by atoms with Crippen LogP contribution in [0.3, 0.4) is 0 Å². The molecule has 0 unspecified atom stereocenters. The molecular weight excluding hydrogens is 282 g/mol. The zero-order chi connectivity index (χ0) is 12.3. The molecule has 1 aliphatic rings. The molecule has 0 bridgehead atoms. The van der Waals surface area contributed by atoms with Crippen molar-refractivity contribution < 1.29 is 4.79 Å². The second-order valence-corrected chi connectivity index (χ2v) is 5.27. The minimum absolute atomic E-state index is 0.0505. The molecule has 1 aliphatic carbocycles. The second kappa shape index (κ2) is 5.60. The Balaban J connectivity index is 1.91. The largest absolute Gasteiger partial charge is 0.349 e. The predicted molar refractivity (Wildman–Crippen MR) is 69.6 cm³/mol. The lowest BCUT2D eigenvalue weighted by atomic mass is 9.92. The van der Waals surface area contributed by atoms with Crippen LogP contribution in [-0.2, 0) is 0 Å². The van der Waals surface area contributed by atoms with E-state index in [1.807, 2.05) is 0 Å². The van der Waals surface area contributed by atoms with Gasteiger partial charge in [-0.15, -0.1) is 0 Å². The van der Waals surface area contributed by atoms with Crippen molar-refractivity contribution in [3.8, 4) is 0 Å². The first-order valence-corrected chi connectivity index (χ1v) is 6.62. The minimum Gasteiger partial charge on any atom is -0.349 e. The lowest BCUT2D eigenvalue weighted by Crippen LogP contribution is -2.40. The summed E-state index contributed by atoms with van der Waals surface area (Å²) in [5.74, 6) is -0.0505. The molecule has 0 atom stereocenters. The molecule has 0 radical (unpaired) electrons. The first-order chi connectivity index (χ1) is 8.15. The van der Waals surface area contributed by atoms with Crippen molar-refractivity contribution in [2.45, 2.75) is 37.8 Å². The van der Waals surface area contributed by atoms with Gasteiger partial charge in [0, 0.05) is 18.3 Å². The summed E-state index contributed by atoms with van der Waals surface area (Å²) in [5, 5.41) is 3.03. The Kier molecular flexibility index (Phi) is 4.12. The number of amides is 1. The first kappa shape index (κ1) is 12.5. The van der Waals surface area contributed by atoms with E-state index in [0.717, 1.165) is 30.3 Å². The van der Waals surface area contributed by atoms with E-state index in [2.05, 4.69) is 26.2 Å². The molecule has 92 valence electrons. The van der Waals surface area contributed by atoms with Crippen LogP contribution in [0.25, 0.3) is 0 Å². The number of hydrogen-bond acceptors (Lipinski definition) is 3. The molecule has 1 saturated carbocycles. The minimum atomic E-state index is -0.0505. The van der Waals surface area contributed by atoms with Crippen LogP contribution in [0, 0.1) is 0 Å². The smallest absolute Gasteiger partial charge is 0.253 e. The summed E-state index contributed by atoms with van der Waals surface area (Å²) in [6.07, 6.45) is 5.49. The molecule has 0 aliphatic heterocycles. The number of nitrogens with two attached hydrogens (primary N) is 1. The lowest BCUT2D eigenvalue weighted by Gasteiger charge is -2.26. The first-order valence-electron chi connectivity index (χ1n) is 5.83. The fraction of sp³-hybridized carbons (Fsp3) is 0.500. The number of nitrogens with one attached hydrogen (secondary N) is 1. The molecular formula is C12H16BrN3O. The van der Waals surface area contributed by atoms with Crippen LogP contribution in [0.5, 0.6) is 0 Å². The average Bonchev–Trinajstić information content (AvgIpc) is 2.33. The Hall–Kier alpha value is -0.940. The SMILES string of the molecule is NC1CCC(NC(=O)c2ccc(Br)nc2)CC1. The molecule has 0 aromatic carbocycles. The fourth-order valence-electron chi connectivity index (χ4n) is 2.04. The monoisotopic (exact) mass is 297 g/mol. The van der Waals surface area contributed by atoms with Gasteiger partial charge in [-0.1, -0.05) is 0 Å². The predicted octanol–water partition coefficient (Wildman–Crippen LogP) is 1.84. The number of aromatic nitrogens is 1. The van der Waals surface area contributed by atoms with Gasteiger partial charge in [0.1, 0.15) is 4.60 Å². The molecule has 1 amide bonds. The summed E-state index contributed by atoms with van der Waals surface area (Å²) >= 11 is 3.24. The van der Waals surface area contributed by atoms with Crippen LogP contribution in [-0.4, -0.2) is 23.0 Å². The van der Waals surface area contributed by atoms with E-state index in [-0.39, 0.29) is 11.9 Å². The van der Waals surface area contributed by atoms with Gasteiger partial charge in [0.2, 0.25) is 0 Å². The Morgan fingerprint density at radius 3 is 2.65 bits per heavy atom. The highest BCUT2D eigenvalue weighted by molar-refractivity contribution is 9.10. The van der Waals surface area contributed by atoms with Crippen molar-refractivity contribution >= 4 is 21.8 Å². The molecule has 5 heteroatoms. The van der Waals surface area contributed by atoms with Crippen LogP contribution in [0.15, 0.2) is 22.9 Å². The molecule has 4 nitrogen and oxygen atoms in total. The van der Waals surface area contributed by atoms with Crippen molar-refractivity contribution in [1.29, 1.82) is 0 Å². The second-order valence-electron chi connectivity index (χ2n) is 4.45. The highest BCUT2D eigenvalue weighted by Gasteiger charge is 2.20. The van der Waals surface area contributed by atoms with Gasteiger partial charge >= 0.3 is 0 Å². The van der Waals surface area contributed by atoms with Gasteiger partial charge < -0.3 is 11.1 Å². The summed E-state index contributed by atoms with van der Waals surface area (Å²) < 4.78 is 0.734. The van der Waals surface area contributed by atoms with Crippen LogP contribution < -0.4 is 11.1 Å². The third-order valence-corrected chi connectivity index (χ3v) is 3.57. The number of halogens is 1. The van der Waals surface area contributed by atoms with Gasteiger partial charge in [-0.05, 0) is 53.7 Å². The van der Waals surface area contributed by atoms with Crippen LogP contribution in [0.2, 0.25) is 0 Å². The summed E-state index contributed by atoms with van der Waals surface area (Å²) in [6, 6.07) is 4.09. The third-order valence-electron chi connectivity index (χ3n) is 3.10. The van der Waals surface area contributed by atoms with E-state index in [4.69, 9.17) is 5.73 Å². The third kappa shape index (κ3) is 3.51. The Bertz CT molecular complexity index is 385. The van der Waals surface area contributed by atoms with Crippen molar-refractivity contribution in [2.75, 3.05) is 0 Å². The van der Waals surface area contributed by atoms with Gasteiger partial charge in [0.05, 0.1) is 5.56 Å². The number of carbonyl (C=O) groups excluding carboxylic acids is 1. The summed E-state index contributed by atoms with van der Waals surface area (Å²) in [7, 11) is 0. The zero-order valence-electron chi connectivity index (χ0n) is 9.53. The van der Waals surface area contributed by atoms with Gasteiger partial charge in [-0.2, -0.15) is 0 Å². The van der Waals surface area contributed by atoms with Crippen molar-refractivity contribution in [3.05, 3.63) is 28.5 Å². The van der Waals surface area contributed by atoms with E-state index in [0.29, 0.717) is 11.6 Å². The van der Waals surface area contributed by atoms with Gasteiger partial charge in [-0.3, -0.25) is 4.79 Å². The molecule has 1 fully saturated rings. The summed E-state index contributed by atoms with van der Waals surface area (Å²) in [5.41, 5.74) is 6.43. The standard InChI is InChI=1S/C12H16BrN3O/c13-11-6-1-8(7-15-11)12(17)16-10-4-2-9(14)3-5-10/h1,6-7,9-10H,2-5,14H2,(H,16,17). The van der Waals surface area contributed by atoms with E-state index in [9.17, 15) is 4.79 Å². The number of carbonyl (C=O) groups is 1. The average molecular weight is 298 g/mol. The number of pyridine rings is 1. The highest BCUT2D eigenvalue weighted by atomic mass is 79.9. The molecule has 0 spiro atoms. The molecule has 1 heterocycles. The molecule has 0 saturated heterocycles. The van der Waals surface area contributed by atoms with E-state index in [1.54, 1.807) is 18.3 Å². The molecule has 1 aromatic rings. The maximum absolute atomic E-state index is 11.9. The zero-order valence-corrected chi connectivity index (χ0v) is 11.1. The fourth-order valence-corrected chi connectivity index (χ4v) is 2.28. The number of rotatable bonds is 2. The maximum atomic E-state index is 11.9. The van der Waals surface area contributed by atoms with Crippen molar-refractivity contribution in [1.82, 2.24) is 10.3 Å². The molecule has 3 N–H and O–H groups in total. The molecule has 1 aromatic heterocycles. The van der Waals surface area contributed by atoms with Crippen molar-refractivity contribution in [3.63, 3.8) is 0 Å². The van der Waals surface area contributed by atoms with Gasteiger partial charge in [0.25, 0.3) is 5.91 Å². The molecule has 2 rings (SSSR count). The maximum Gasteiger partial charge on any atom is 0.253 e. The summed E-state index contributed by atoms with van der Waals surface area (Å²) in [6.45, 7) is 0. The quantitative estimate of drug-likeness (QED) is 0.819. The number of nitrogens with zero attached hydrogens (tertiary/aromatic N) is 1. The topological polar surface area (TPSA) is 68.0 Å². The van der Waals surface area contributed by atoms with E-state index < -0.39 is 0 Å². The summed E-state index contributed by atoms with van der Waals surface area (Å²) in [4.78, 5) is 15.9.